The Bertz CT molecular complexity index is 1280. The molecule has 2 nitrogen and oxygen atoms in total. The van der Waals surface area contributed by atoms with Gasteiger partial charge in [-0.15, -0.1) is 0 Å². The van der Waals surface area contributed by atoms with E-state index in [0.29, 0.717) is 0 Å². The van der Waals surface area contributed by atoms with Crippen LogP contribution in [0.15, 0.2) is 65.7 Å². The van der Waals surface area contributed by atoms with Crippen LogP contribution in [0.4, 0.5) is 5.69 Å². The molecule has 0 amide bonds. The second-order valence-electron chi connectivity index (χ2n) is 6.58. The van der Waals surface area contributed by atoms with Crippen molar-refractivity contribution in [3.63, 3.8) is 0 Å². The Kier molecular flexibility index (Phi) is 2.17. The molecule has 2 aliphatic rings. The highest BCUT2D eigenvalue weighted by Crippen LogP contribution is 2.32. The van der Waals surface area contributed by atoms with Crippen LogP contribution < -0.4 is 10.6 Å². The number of aromatic amines is 1. The maximum atomic E-state index is 4.81. The summed E-state index contributed by atoms with van der Waals surface area (Å²) in [6, 6.07) is 21.5. The maximum absolute atomic E-state index is 4.81. The normalized spacial score (nSPS) is 13.5. The molecule has 1 aromatic heterocycles. The molecule has 0 saturated heterocycles. The van der Waals surface area contributed by atoms with Crippen LogP contribution in [-0.4, -0.2) is 4.98 Å². The first-order valence-electron chi connectivity index (χ1n) is 8.29. The van der Waals surface area contributed by atoms with E-state index < -0.39 is 0 Å². The lowest BCUT2D eigenvalue weighted by molar-refractivity contribution is 1.14. The smallest absolute Gasteiger partial charge is 0.0719 e. The van der Waals surface area contributed by atoms with Crippen molar-refractivity contribution >= 4 is 22.7 Å². The molecule has 4 aromatic rings. The van der Waals surface area contributed by atoms with Gasteiger partial charge in [0, 0.05) is 34.1 Å². The summed E-state index contributed by atoms with van der Waals surface area (Å²) in [5, 5.41) is 3.74. The summed E-state index contributed by atoms with van der Waals surface area (Å²) in [4.78, 5) is 8.37. The van der Waals surface area contributed by atoms with Crippen molar-refractivity contribution in [1.29, 1.82) is 0 Å². The van der Waals surface area contributed by atoms with E-state index in [2.05, 4.69) is 71.7 Å². The first kappa shape index (κ1) is 12.3. The number of H-pyrrole nitrogens is 1. The minimum atomic E-state index is 0.963. The van der Waals surface area contributed by atoms with Gasteiger partial charge in [0.2, 0.25) is 0 Å². The zero-order valence-corrected chi connectivity index (χ0v) is 13.0. The number of nitrogens with zero attached hydrogens (tertiary/aromatic N) is 1. The molecule has 6 rings (SSSR count). The quantitative estimate of drug-likeness (QED) is 0.442. The molecule has 1 aliphatic carbocycles. The van der Waals surface area contributed by atoms with Crippen LogP contribution in [0.3, 0.4) is 0 Å². The number of para-hydroxylation sites is 2. The van der Waals surface area contributed by atoms with Crippen molar-refractivity contribution in [2.45, 2.75) is 6.42 Å². The molecular formula is C22H14N2. The summed E-state index contributed by atoms with van der Waals surface area (Å²) in [5.74, 6) is 0. The van der Waals surface area contributed by atoms with E-state index in [4.69, 9.17) is 4.99 Å². The molecule has 0 atom stereocenters. The van der Waals surface area contributed by atoms with Crippen molar-refractivity contribution in [3.8, 4) is 11.1 Å². The number of nitrogens with one attached hydrogen (secondary N) is 1. The number of aromatic nitrogens is 1. The van der Waals surface area contributed by atoms with E-state index in [9.17, 15) is 0 Å². The molecule has 0 spiro atoms. The first-order chi connectivity index (χ1) is 11.9. The molecule has 0 saturated carbocycles. The SMILES string of the molecule is C1=c2cc3c(cc2Cc2c1[nH]c1ccccc21)=Nc1ccccc1-3. The van der Waals surface area contributed by atoms with E-state index in [1.165, 1.54) is 44.1 Å². The fourth-order valence-corrected chi connectivity index (χ4v) is 4.05. The standard InChI is InChI=1S/C22H14N2/c1-3-7-19-15(5-1)17-9-13-12-22-18(10-14(13)11-21(17)23-19)16-6-2-4-8-20(16)24-22/h1-9,11-12,24H,10H2. The van der Waals surface area contributed by atoms with Gasteiger partial charge < -0.3 is 4.98 Å². The van der Waals surface area contributed by atoms with Gasteiger partial charge in [-0.25, -0.2) is 4.99 Å². The van der Waals surface area contributed by atoms with Crippen LogP contribution in [0.25, 0.3) is 28.1 Å². The van der Waals surface area contributed by atoms with Crippen molar-refractivity contribution in [3.05, 3.63) is 88.1 Å². The van der Waals surface area contributed by atoms with E-state index in [0.717, 1.165) is 17.5 Å². The Labute approximate surface area is 138 Å². The lowest BCUT2D eigenvalue weighted by Gasteiger charge is -2.11. The Balaban J connectivity index is 1.65. The fraction of sp³-hybridized carbons (Fsp3) is 0.0455. The highest BCUT2D eigenvalue weighted by molar-refractivity contribution is 5.89. The largest absolute Gasteiger partial charge is 0.355 e. The average molecular weight is 306 g/mol. The molecule has 3 aromatic carbocycles. The highest BCUT2D eigenvalue weighted by Gasteiger charge is 2.19. The zero-order chi connectivity index (χ0) is 15.7. The van der Waals surface area contributed by atoms with Crippen LogP contribution in [0.2, 0.25) is 0 Å². The molecule has 2 heteroatoms. The lowest BCUT2D eigenvalue weighted by Crippen LogP contribution is -2.20. The van der Waals surface area contributed by atoms with Crippen LogP contribution in [-0.2, 0) is 6.42 Å². The Hall–Kier alpha value is -3.13. The minimum Gasteiger partial charge on any atom is -0.355 e. The Morgan fingerprint density at radius 2 is 1.75 bits per heavy atom. The molecule has 112 valence electrons. The molecule has 0 unspecified atom stereocenters. The minimum absolute atomic E-state index is 0.963. The Morgan fingerprint density at radius 1 is 0.875 bits per heavy atom. The lowest BCUT2D eigenvalue weighted by atomic mass is 9.92. The van der Waals surface area contributed by atoms with E-state index in [1.54, 1.807) is 0 Å². The van der Waals surface area contributed by atoms with Gasteiger partial charge in [-0.3, -0.25) is 0 Å². The van der Waals surface area contributed by atoms with Crippen LogP contribution >= 0.6 is 0 Å². The van der Waals surface area contributed by atoms with Gasteiger partial charge in [0.1, 0.15) is 0 Å². The molecular weight excluding hydrogens is 292 g/mol. The van der Waals surface area contributed by atoms with Gasteiger partial charge in [-0.2, -0.15) is 0 Å². The molecule has 1 aliphatic heterocycles. The zero-order valence-electron chi connectivity index (χ0n) is 13.0. The predicted octanol–water partition coefficient (Wildman–Crippen LogP) is 3.83. The maximum Gasteiger partial charge on any atom is 0.0719 e. The third-order valence-corrected chi connectivity index (χ3v) is 5.21. The monoisotopic (exact) mass is 306 g/mol. The summed E-state index contributed by atoms with van der Waals surface area (Å²) in [5.41, 5.74) is 8.79. The van der Waals surface area contributed by atoms with Crippen LogP contribution in [0.1, 0.15) is 16.8 Å². The first-order valence-corrected chi connectivity index (χ1v) is 8.29. The summed E-state index contributed by atoms with van der Waals surface area (Å²) in [6.07, 6.45) is 3.25. The van der Waals surface area contributed by atoms with E-state index >= 15 is 0 Å². The van der Waals surface area contributed by atoms with Crippen molar-refractivity contribution < 1.29 is 0 Å². The van der Waals surface area contributed by atoms with Crippen molar-refractivity contribution in [1.82, 2.24) is 4.98 Å². The third kappa shape index (κ3) is 1.52. The summed E-state index contributed by atoms with van der Waals surface area (Å²) in [6.45, 7) is 0. The number of fused-ring (bicyclic) bond motifs is 7. The molecule has 0 radical (unpaired) electrons. The Morgan fingerprint density at radius 3 is 2.75 bits per heavy atom. The number of benzene rings is 3. The highest BCUT2D eigenvalue weighted by atomic mass is 14.8. The van der Waals surface area contributed by atoms with E-state index in [-0.39, 0.29) is 0 Å². The predicted molar refractivity (Wildman–Crippen MR) is 97.0 cm³/mol. The molecule has 1 N–H and O–H groups in total. The summed E-state index contributed by atoms with van der Waals surface area (Å²) >= 11 is 0. The topological polar surface area (TPSA) is 28.1 Å². The van der Waals surface area contributed by atoms with Gasteiger partial charge in [0.05, 0.1) is 11.0 Å². The molecule has 24 heavy (non-hydrogen) atoms. The summed E-state index contributed by atoms with van der Waals surface area (Å²) < 4.78 is 0. The van der Waals surface area contributed by atoms with Crippen LogP contribution in [0, 0.1) is 0 Å². The van der Waals surface area contributed by atoms with Gasteiger partial charge in [-0.05, 0) is 46.7 Å². The summed E-state index contributed by atoms with van der Waals surface area (Å²) in [7, 11) is 0. The van der Waals surface area contributed by atoms with Crippen LogP contribution in [0.5, 0.6) is 0 Å². The van der Waals surface area contributed by atoms with Gasteiger partial charge in [-0.1, -0.05) is 36.4 Å². The molecule has 2 heterocycles. The fourth-order valence-electron chi connectivity index (χ4n) is 4.05. The van der Waals surface area contributed by atoms with Gasteiger partial charge in [0.25, 0.3) is 0 Å². The number of rotatable bonds is 0. The third-order valence-electron chi connectivity index (χ3n) is 5.21. The van der Waals surface area contributed by atoms with Crippen molar-refractivity contribution in [2.75, 3.05) is 0 Å². The van der Waals surface area contributed by atoms with Gasteiger partial charge >= 0.3 is 0 Å². The number of hydrogen-bond donors (Lipinski definition) is 1. The molecule has 0 fully saturated rings. The second-order valence-corrected chi connectivity index (χ2v) is 6.58. The van der Waals surface area contributed by atoms with Gasteiger partial charge in [0.15, 0.2) is 0 Å². The second kappa shape index (κ2) is 4.24. The van der Waals surface area contributed by atoms with E-state index in [1.807, 2.05) is 0 Å². The van der Waals surface area contributed by atoms with Crippen molar-refractivity contribution in [2.24, 2.45) is 4.99 Å². The number of hydrogen-bond acceptors (Lipinski definition) is 1. The molecule has 0 bridgehead atoms. The average Bonchev–Trinajstić information content (AvgIpc) is 3.15.